The van der Waals surface area contributed by atoms with Crippen LogP contribution in [-0.2, 0) is 60.7 Å². The fraction of sp³-hybridized carbons (Fsp3) is 0.500. The summed E-state index contributed by atoms with van der Waals surface area (Å²) in [6, 6.07) is 20.5. The third-order valence-corrected chi connectivity index (χ3v) is 19.2. The molecule has 0 radical (unpaired) electrons. The van der Waals surface area contributed by atoms with Gasteiger partial charge in [-0.05, 0) is 148 Å². The summed E-state index contributed by atoms with van der Waals surface area (Å²) in [6.45, 7) is 7.92. The Balaban J connectivity index is 1.13. The minimum absolute atomic E-state index is 0.00643. The first-order valence-corrected chi connectivity index (χ1v) is 36.8. The molecule has 1 saturated heterocycles. The summed E-state index contributed by atoms with van der Waals surface area (Å²) < 4.78 is 5.93. The van der Waals surface area contributed by atoms with Crippen molar-refractivity contribution in [3.05, 3.63) is 132 Å². The number of likely N-dealkylation sites (tertiary alicyclic amines) is 1. The van der Waals surface area contributed by atoms with Crippen LogP contribution < -0.4 is 76.9 Å². The molecule has 1 aliphatic carbocycles. The molecular formula is C76H108N18O12. The number of hydrogen-bond acceptors (Lipinski definition) is 15. The summed E-state index contributed by atoms with van der Waals surface area (Å²) in [6.07, 6.45) is 3.64. The van der Waals surface area contributed by atoms with Gasteiger partial charge in [0.1, 0.15) is 61.0 Å². The molecule has 0 bridgehead atoms. The van der Waals surface area contributed by atoms with Crippen LogP contribution in [0.1, 0.15) is 146 Å². The number of rotatable bonds is 43. The molecule has 0 spiro atoms. The minimum Gasteiger partial charge on any atom is -0.480 e. The van der Waals surface area contributed by atoms with E-state index in [-0.39, 0.29) is 127 Å². The number of aromatic amines is 1. The summed E-state index contributed by atoms with van der Waals surface area (Å²) >= 11 is 0. The summed E-state index contributed by atoms with van der Waals surface area (Å²) in [5.41, 5.74) is 40.6. The zero-order valence-corrected chi connectivity index (χ0v) is 61.1. The Morgan fingerprint density at radius 2 is 1.00 bits per heavy atom. The van der Waals surface area contributed by atoms with E-state index in [1.807, 2.05) is 99.6 Å². The summed E-state index contributed by atoms with van der Waals surface area (Å²) in [7, 11) is 0. The quantitative estimate of drug-likeness (QED) is 0.0152. The first kappa shape index (κ1) is 82.7. The molecule has 5 aromatic rings. The highest BCUT2D eigenvalue weighted by atomic mass is 16.5. The van der Waals surface area contributed by atoms with Gasteiger partial charge in [-0.1, -0.05) is 131 Å². The van der Waals surface area contributed by atoms with Crippen LogP contribution in [0.3, 0.4) is 0 Å². The van der Waals surface area contributed by atoms with E-state index in [4.69, 9.17) is 39.1 Å². The first-order chi connectivity index (χ1) is 50.9. The normalized spacial score (nSPS) is 15.7. The number of ether oxygens (including phenoxy) is 1. The predicted molar refractivity (Wildman–Crippen MR) is 405 cm³/mol. The van der Waals surface area contributed by atoms with Crippen molar-refractivity contribution in [2.45, 2.75) is 191 Å². The molecule has 1 aromatic heterocycles. The van der Waals surface area contributed by atoms with Gasteiger partial charge < -0.3 is 96.7 Å². The van der Waals surface area contributed by atoms with Crippen molar-refractivity contribution in [3.8, 4) is 11.1 Å². The fourth-order valence-corrected chi connectivity index (χ4v) is 13.4. The number of hydrogen-bond donors (Lipinski definition) is 16. The number of H-pyrrole nitrogens is 1. The van der Waals surface area contributed by atoms with Gasteiger partial charge in [-0.3, -0.25) is 48.3 Å². The molecule has 1 aliphatic heterocycles. The molecular weight excluding hydrogens is 1360 g/mol. The van der Waals surface area contributed by atoms with E-state index in [0.29, 0.717) is 49.7 Å². The van der Waals surface area contributed by atoms with E-state index in [1.165, 1.54) is 4.90 Å². The number of aromatic nitrogens is 1. The van der Waals surface area contributed by atoms with Gasteiger partial charge in [-0.25, -0.2) is 9.59 Å². The molecule has 0 unspecified atom stereocenters. The van der Waals surface area contributed by atoms with Crippen molar-refractivity contribution in [2.75, 3.05) is 39.3 Å². The highest BCUT2D eigenvalue weighted by Gasteiger charge is 2.41. The maximum Gasteiger partial charge on any atom is 0.407 e. The average molecular weight is 1470 g/mol. The van der Waals surface area contributed by atoms with Crippen LogP contribution in [-0.4, -0.2) is 180 Å². The molecule has 22 N–H and O–H groups in total. The lowest BCUT2D eigenvalue weighted by atomic mass is 9.96. The Bertz CT molecular complexity index is 3800. The molecule has 574 valence electrons. The van der Waals surface area contributed by atoms with Crippen molar-refractivity contribution in [1.29, 1.82) is 0 Å². The number of guanidine groups is 2. The predicted octanol–water partition coefficient (Wildman–Crippen LogP) is 2.79. The second-order valence-electron chi connectivity index (χ2n) is 27.6. The van der Waals surface area contributed by atoms with E-state index in [0.717, 1.165) is 33.2 Å². The van der Waals surface area contributed by atoms with E-state index >= 15 is 14.4 Å². The summed E-state index contributed by atoms with van der Waals surface area (Å²) in [5, 5.41) is 33.3. The van der Waals surface area contributed by atoms with Crippen LogP contribution >= 0.6 is 0 Å². The van der Waals surface area contributed by atoms with Gasteiger partial charge in [-0.15, -0.1) is 0 Å². The van der Waals surface area contributed by atoms with Gasteiger partial charge in [-0.2, -0.15) is 0 Å². The van der Waals surface area contributed by atoms with Crippen LogP contribution in [0, 0.1) is 11.8 Å². The number of amides is 9. The van der Waals surface area contributed by atoms with E-state index in [9.17, 15) is 38.7 Å². The first-order valence-electron chi connectivity index (χ1n) is 36.8. The zero-order valence-electron chi connectivity index (χ0n) is 61.1. The van der Waals surface area contributed by atoms with E-state index in [1.54, 1.807) is 37.4 Å². The highest BCUT2D eigenvalue weighted by Crippen LogP contribution is 2.44. The monoisotopic (exact) mass is 1460 g/mol. The highest BCUT2D eigenvalue weighted by molar-refractivity contribution is 5.99. The average Bonchev–Trinajstić information content (AvgIpc) is 1.62. The van der Waals surface area contributed by atoms with Gasteiger partial charge >= 0.3 is 12.1 Å². The molecule has 30 nitrogen and oxygen atoms in total. The van der Waals surface area contributed by atoms with Crippen LogP contribution in [0.4, 0.5) is 4.79 Å². The third kappa shape index (κ3) is 24.5. The van der Waals surface area contributed by atoms with Crippen LogP contribution in [0.5, 0.6) is 0 Å². The molecule has 0 saturated carbocycles. The smallest absolute Gasteiger partial charge is 0.407 e. The third-order valence-electron chi connectivity index (χ3n) is 19.2. The number of carboxylic acid groups (broad SMARTS) is 1. The van der Waals surface area contributed by atoms with Gasteiger partial charge in [0.25, 0.3) is 0 Å². The maximum atomic E-state index is 15.2. The van der Waals surface area contributed by atoms with Crippen molar-refractivity contribution < 1.29 is 57.8 Å². The number of carbonyl (C=O) groups excluding carboxylic acids is 9. The number of para-hydroxylation sites is 1. The lowest BCUT2D eigenvalue weighted by Gasteiger charge is -2.32. The van der Waals surface area contributed by atoms with Gasteiger partial charge in [0.2, 0.25) is 47.3 Å². The van der Waals surface area contributed by atoms with Gasteiger partial charge in [0.15, 0.2) is 11.9 Å². The molecule has 9 amide bonds. The van der Waals surface area contributed by atoms with Crippen LogP contribution in [0.15, 0.2) is 119 Å². The molecule has 10 atom stereocenters. The Morgan fingerprint density at radius 1 is 0.547 bits per heavy atom. The molecule has 106 heavy (non-hydrogen) atoms. The number of carboxylic acids is 1. The Morgan fingerprint density at radius 3 is 1.51 bits per heavy atom. The molecule has 4 aromatic carbocycles. The molecule has 2 aliphatic rings. The van der Waals surface area contributed by atoms with Crippen LogP contribution in [0.2, 0.25) is 0 Å². The van der Waals surface area contributed by atoms with Gasteiger partial charge in [0, 0.05) is 55.5 Å². The number of aliphatic imine (C=N–C) groups is 2. The summed E-state index contributed by atoms with van der Waals surface area (Å²) in [5.74, 6) is -8.67. The fourth-order valence-electron chi connectivity index (χ4n) is 13.4. The number of nitrogens with zero attached hydrogens (tertiary/aromatic N) is 3. The molecule has 1 fully saturated rings. The van der Waals surface area contributed by atoms with Crippen molar-refractivity contribution in [1.82, 2.24) is 52.4 Å². The van der Waals surface area contributed by atoms with E-state index < -0.39 is 120 Å². The standard InChI is InChI=1S/C76H108N18O12/c1-5-46(4)64(72(102)94-39-21-34-63(94)73(103)104)93-68(98)57(31-16-18-36-78)87-65(95)56(30-15-17-35-77)86-66(96)58(32-19-37-83-74(79)80)88-67(97)59(33-20-38-84-75(81)82)89-69(99)60(40-45(2)3)90-71(101)62(42-48-43-85-55-29-14-13-24-49(48)55)91-70(100)61(41-47-22-7-6-8-23-47)92-76(105)106-44-54-52-27-11-9-25-50(52)51-26-10-12-28-53(51)54/h6-14,22-29,43,45-46,54,56-64,85H,5,15-21,30-42,44,77-78H2,1-4H3,(H,86,96)(H,87,95)(H,88,97)(H,89,99)(H,90,101)(H,91,100)(H,92,105)(H,93,98)(H,103,104)(H4,79,80,83)(H4,81,82,84)/t46-,56-,57-,58-,59-,60-,61-,62-,63-,64-/m0/s1. The number of carbonyl (C=O) groups is 10. The Labute approximate surface area is 618 Å². The number of nitrogens with one attached hydrogen (secondary N) is 9. The number of alkyl carbamates (subject to hydrolysis) is 1. The number of unbranched alkanes of at least 4 members (excludes halogenated alkanes) is 2. The lowest BCUT2D eigenvalue weighted by molar-refractivity contribution is -0.150. The molecule has 30 heteroatoms. The van der Waals surface area contributed by atoms with E-state index in [2.05, 4.69) is 57.5 Å². The summed E-state index contributed by atoms with van der Waals surface area (Å²) in [4.78, 5) is 157. The van der Waals surface area contributed by atoms with Crippen molar-refractivity contribution in [3.63, 3.8) is 0 Å². The topological polar surface area (TPSA) is 496 Å². The number of fused-ring (bicyclic) bond motifs is 4. The molecule has 7 rings (SSSR count). The maximum absolute atomic E-state index is 15.2. The minimum atomic E-state index is -1.44. The molecule has 2 heterocycles. The zero-order chi connectivity index (χ0) is 76.8. The Hall–Kier alpha value is -10.6. The van der Waals surface area contributed by atoms with Crippen LogP contribution in [0.25, 0.3) is 22.0 Å². The number of nitrogens with two attached hydrogens (primary N) is 6. The number of benzene rings is 4. The second kappa shape index (κ2) is 41.8. The Kier molecular flexibility index (Phi) is 32.6. The van der Waals surface area contributed by atoms with Gasteiger partial charge in [0.05, 0.1) is 0 Å². The second-order valence-corrected chi connectivity index (χ2v) is 27.6. The number of aliphatic carboxylic acids is 1. The van der Waals surface area contributed by atoms with Crippen molar-refractivity contribution >= 4 is 82.1 Å². The SMILES string of the molecule is CC[C@H](C)[C@H](NC(=O)[C@H](CCCCN)NC(=O)[C@H](CCCCN)NC(=O)[C@H](CCCN=C(N)N)NC(=O)[C@H](CCCN=C(N)N)NC(=O)[C@H](CC(C)C)NC(=O)[C@H](Cc1c[nH]c2ccccc12)NC(=O)[C@H](Cc1ccccc1)NC(=O)OCC1c2ccccc2-c2ccccc21)C(=O)N1CCC[C@H]1C(=O)O. The van der Waals surface area contributed by atoms with Crippen molar-refractivity contribution in [2.24, 2.45) is 56.2 Å². The lowest BCUT2D eigenvalue weighted by Crippen LogP contribution is -2.61. The largest absolute Gasteiger partial charge is 0.480 e.